The van der Waals surface area contributed by atoms with Crippen molar-refractivity contribution in [3.8, 4) is 0 Å². The average molecular weight is 273 g/mol. The number of hydrazine groups is 1. The Morgan fingerprint density at radius 1 is 1.30 bits per heavy atom. The second-order valence-electron chi connectivity index (χ2n) is 4.95. The van der Waals surface area contributed by atoms with Crippen molar-refractivity contribution in [2.24, 2.45) is 5.84 Å². The molecule has 0 atom stereocenters. The zero-order valence-electron chi connectivity index (χ0n) is 11.9. The number of carbonyl (C=O) groups excluding carboxylic acids is 1. The van der Waals surface area contributed by atoms with Crippen molar-refractivity contribution in [1.82, 2.24) is 5.43 Å². The van der Waals surface area contributed by atoms with Crippen LogP contribution in [0, 0.1) is 13.8 Å². The van der Waals surface area contributed by atoms with Crippen LogP contribution in [0.25, 0.3) is 0 Å². The maximum Gasteiger partial charge on any atom is 0.301 e. The molecule has 2 aromatic rings. The Morgan fingerprint density at radius 2 is 1.95 bits per heavy atom. The first-order valence-electron chi connectivity index (χ1n) is 6.38. The summed E-state index contributed by atoms with van der Waals surface area (Å²) in [5, 5.41) is 0. The van der Waals surface area contributed by atoms with Crippen LogP contribution in [0.5, 0.6) is 0 Å². The highest BCUT2D eigenvalue weighted by molar-refractivity contribution is 5.92. The largest absolute Gasteiger partial charge is 0.459 e. The fraction of sp³-hybridized carbons (Fsp3) is 0.267. The average Bonchev–Trinajstić information content (AvgIpc) is 2.84. The van der Waals surface area contributed by atoms with Gasteiger partial charge in [-0.25, -0.2) is 5.84 Å². The van der Waals surface area contributed by atoms with E-state index in [4.69, 9.17) is 10.3 Å². The van der Waals surface area contributed by atoms with Crippen molar-refractivity contribution in [2.45, 2.75) is 20.4 Å². The molecule has 0 spiro atoms. The van der Waals surface area contributed by atoms with E-state index in [1.54, 1.807) is 6.07 Å². The Balaban J connectivity index is 2.21. The van der Waals surface area contributed by atoms with E-state index in [1.807, 2.05) is 7.05 Å². The van der Waals surface area contributed by atoms with Crippen LogP contribution in [0.2, 0.25) is 0 Å². The van der Waals surface area contributed by atoms with Gasteiger partial charge in [0.15, 0.2) is 5.76 Å². The number of amides is 1. The fourth-order valence-corrected chi connectivity index (χ4v) is 2.24. The van der Waals surface area contributed by atoms with Gasteiger partial charge >= 0.3 is 5.91 Å². The van der Waals surface area contributed by atoms with E-state index in [-0.39, 0.29) is 5.76 Å². The Bertz CT molecular complexity index is 599. The number of nitrogens with one attached hydrogen (secondary N) is 1. The van der Waals surface area contributed by atoms with E-state index in [0.717, 1.165) is 11.3 Å². The van der Waals surface area contributed by atoms with Gasteiger partial charge in [-0.2, -0.15) is 0 Å². The third kappa shape index (κ3) is 3.00. The highest BCUT2D eigenvalue weighted by Gasteiger charge is 2.15. The number of nitrogens with two attached hydrogens (primary N) is 1. The van der Waals surface area contributed by atoms with Crippen LogP contribution < -0.4 is 16.2 Å². The summed E-state index contributed by atoms with van der Waals surface area (Å²) in [4.78, 5) is 13.6. The molecule has 2 rings (SSSR count). The summed E-state index contributed by atoms with van der Waals surface area (Å²) in [7, 11) is 1.98. The number of nitrogen functional groups attached to an aromatic ring is 1. The minimum atomic E-state index is -0.418. The van der Waals surface area contributed by atoms with Crippen molar-refractivity contribution in [3.63, 3.8) is 0 Å². The minimum absolute atomic E-state index is 0.253. The number of furan rings is 1. The SMILES string of the molecule is Cc1cc(C)cc(N(C)Cc2ccoc2C(=O)NN)c1. The molecule has 0 aliphatic rings. The fourth-order valence-electron chi connectivity index (χ4n) is 2.24. The molecule has 5 heteroatoms. The molecule has 0 saturated heterocycles. The maximum absolute atomic E-state index is 11.6. The molecule has 1 aromatic carbocycles. The van der Waals surface area contributed by atoms with E-state index >= 15 is 0 Å². The van der Waals surface area contributed by atoms with E-state index in [1.165, 1.54) is 17.4 Å². The molecule has 0 aliphatic carbocycles. The van der Waals surface area contributed by atoms with Gasteiger partial charge in [-0.3, -0.25) is 10.2 Å². The smallest absolute Gasteiger partial charge is 0.301 e. The number of nitrogens with zero attached hydrogens (tertiary/aromatic N) is 1. The van der Waals surface area contributed by atoms with Crippen molar-refractivity contribution in [3.05, 3.63) is 53.0 Å². The molecular formula is C15H19N3O2. The van der Waals surface area contributed by atoms with Crippen LogP contribution in [-0.4, -0.2) is 13.0 Å². The highest BCUT2D eigenvalue weighted by atomic mass is 16.3. The first-order chi connectivity index (χ1) is 9.51. The van der Waals surface area contributed by atoms with Crippen molar-refractivity contribution < 1.29 is 9.21 Å². The Kier molecular flexibility index (Phi) is 4.10. The van der Waals surface area contributed by atoms with Crippen molar-refractivity contribution in [2.75, 3.05) is 11.9 Å². The van der Waals surface area contributed by atoms with Crippen LogP contribution in [0.1, 0.15) is 27.2 Å². The highest BCUT2D eigenvalue weighted by Crippen LogP contribution is 2.21. The van der Waals surface area contributed by atoms with Gasteiger partial charge in [-0.1, -0.05) is 6.07 Å². The summed E-state index contributed by atoms with van der Waals surface area (Å²) in [6.07, 6.45) is 1.50. The summed E-state index contributed by atoms with van der Waals surface area (Å²) in [5.74, 6) is 4.98. The molecule has 20 heavy (non-hydrogen) atoms. The third-order valence-corrected chi connectivity index (χ3v) is 3.14. The van der Waals surface area contributed by atoms with Gasteiger partial charge in [0.1, 0.15) is 0 Å². The first kappa shape index (κ1) is 14.1. The van der Waals surface area contributed by atoms with Crippen LogP contribution in [0.3, 0.4) is 0 Å². The molecule has 1 heterocycles. The second kappa shape index (κ2) is 5.79. The molecule has 0 saturated carbocycles. The van der Waals surface area contributed by atoms with Crippen LogP contribution in [0.15, 0.2) is 34.9 Å². The number of aryl methyl sites for hydroxylation is 2. The van der Waals surface area contributed by atoms with Gasteiger partial charge in [0, 0.05) is 24.8 Å². The lowest BCUT2D eigenvalue weighted by atomic mass is 10.1. The van der Waals surface area contributed by atoms with Gasteiger partial charge in [0.25, 0.3) is 0 Å². The van der Waals surface area contributed by atoms with E-state index in [2.05, 4.69) is 42.4 Å². The van der Waals surface area contributed by atoms with Gasteiger partial charge < -0.3 is 9.32 Å². The molecule has 1 aromatic heterocycles. The molecule has 1 amide bonds. The van der Waals surface area contributed by atoms with Crippen LogP contribution >= 0.6 is 0 Å². The Hall–Kier alpha value is -2.27. The zero-order chi connectivity index (χ0) is 14.7. The lowest BCUT2D eigenvalue weighted by Crippen LogP contribution is -2.31. The second-order valence-corrected chi connectivity index (χ2v) is 4.95. The number of rotatable bonds is 4. The van der Waals surface area contributed by atoms with Crippen LogP contribution in [-0.2, 0) is 6.54 Å². The molecule has 0 aliphatic heterocycles. The van der Waals surface area contributed by atoms with E-state index in [0.29, 0.717) is 6.54 Å². The summed E-state index contributed by atoms with van der Waals surface area (Å²) in [6.45, 7) is 4.70. The number of anilines is 1. The Labute approximate surface area is 118 Å². The summed E-state index contributed by atoms with van der Waals surface area (Å²) in [5.41, 5.74) is 6.40. The van der Waals surface area contributed by atoms with Gasteiger partial charge in [-0.05, 0) is 43.2 Å². The predicted molar refractivity (Wildman–Crippen MR) is 78.4 cm³/mol. The number of carbonyl (C=O) groups is 1. The maximum atomic E-state index is 11.6. The third-order valence-electron chi connectivity index (χ3n) is 3.14. The van der Waals surface area contributed by atoms with Crippen LogP contribution in [0.4, 0.5) is 5.69 Å². The zero-order valence-corrected chi connectivity index (χ0v) is 11.9. The molecule has 0 unspecified atom stereocenters. The first-order valence-corrected chi connectivity index (χ1v) is 6.38. The summed E-state index contributed by atoms with van der Waals surface area (Å²) in [6, 6.07) is 8.12. The number of hydrogen-bond donors (Lipinski definition) is 2. The summed E-state index contributed by atoms with van der Waals surface area (Å²) < 4.78 is 5.18. The van der Waals surface area contributed by atoms with Crippen molar-refractivity contribution >= 4 is 11.6 Å². The van der Waals surface area contributed by atoms with Gasteiger partial charge in [0.2, 0.25) is 0 Å². The standard InChI is InChI=1S/C15H19N3O2/c1-10-6-11(2)8-13(7-10)18(3)9-12-4-5-20-14(12)15(19)17-16/h4-8H,9,16H2,1-3H3,(H,17,19). The topological polar surface area (TPSA) is 71.5 Å². The van der Waals surface area contributed by atoms with Gasteiger partial charge in [0.05, 0.1) is 6.26 Å². The minimum Gasteiger partial charge on any atom is -0.459 e. The molecule has 0 radical (unpaired) electrons. The van der Waals surface area contributed by atoms with Gasteiger partial charge in [-0.15, -0.1) is 0 Å². The quantitative estimate of drug-likeness (QED) is 0.508. The monoisotopic (exact) mass is 273 g/mol. The Morgan fingerprint density at radius 3 is 2.55 bits per heavy atom. The van der Waals surface area contributed by atoms with E-state index < -0.39 is 5.91 Å². The number of benzene rings is 1. The predicted octanol–water partition coefficient (Wildman–Crippen LogP) is 2.14. The summed E-state index contributed by atoms with van der Waals surface area (Å²) >= 11 is 0. The number of hydrogen-bond acceptors (Lipinski definition) is 4. The normalized spacial score (nSPS) is 10.4. The molecule has 0 bridgehead atoms. The molecular weight excluding hydrogens is 254 g/mol. The lowest BCUT2D eigenvalue weighted by Gasteiger charge is -2.20. The van der Waals surface area contributed by atoms with Crippen molar-refractivity contribution in [1.29, 1.82) is 0 Å². The molecule has 3 N–H and O–H groups in total. The molecule has 106 valence electrons. The lowest BCUT2D eigenvalue weighted by molar-refractivity contribution is 0.0924. The van der Waals surface area contributed by atoms with E-state index in [9.17, 15) is 4.79 Å². The molecule has 5 nitrogen and oxygen atoms in total. The molecule has 0 fully saturated rings.